The van der Waals surface area contributed by atoms with Crippen LogP contribution in [0.4, 0.5) is 32.4 Å². The Bertz CT molecular complexity index is 1140. The first-order valence-electron chi connectivity index (χ1n) is 11.5. The normalized spacial score (nSPS) is 24.2. The molecule has 4 rings (SSSR count). The number of fused-ring (bicyclic) bond motifs is 1. The zero-order chi connectivity index (χ0) is 26.3. The van der Waals surface area contributed by atoms with E-state index in [1.807, 2.05) is 7.05 Å². The maximum atomic E-state index is 15.5. The van der Waals surface area contributed by atoms with Gasteiger partial charge >= 0.3 is 12.2 Å². The SMILES string of the molecule is COc1ccc(C23CCC(NC(=O)Nc4cc(F)cc(C(F)(F)F)c4)CC2N(C)CC3)c(F)c1OC. The van der Waals surface area contributed by atoms with E-state index in [4.69, 9.17) is 9.47 Å². The number of urea groups is 1. The van der Waals surface area contributed by atoms with E-state index < -0.39 is 34.8 Å². The Balaban J connectivity index is 1.50. The minimum Gasteiger partial charge on any atom is -0.493 e. The number of alkyl halides is 3. The molecule has 11 heteroatoms. The summed E-state index contributed by atoms with van der Waals surface area (Å²) in [4.78, 5) is 14.7. The number of benzene rings is 2. The summed E-state index contributed by atoms with van der Waals surface area (Å²) in [6, 6.07) is 4.16. The molecular formula is C25H28F5N3O3. The molecule has 1 heterocycles. The third-order valence-corrected chi connectivity index (χ3v) is 7.37. The Morgan fingerprint density at radius 1 is 1.11 bits per heavy atom. The van der Waals surface area contributed by atoms with Crippen molar-refractivity contribution in [2.45, 2.75) is 49.4 Å². The van der Waals surface area contributed by atoms with E-state index in [2.05, 4.69) is 15.5 Å². The van der Waals surface area contributed by atoms with Gasteiger partial charge in [0.15, 0.2) is 17.3 Å². The van der Waals surface area contributed by atoms with Crippen molar-refractivity contribution in [1.82, 2.24) is 10.2 Å². The second kappa shape index (κ2) is 9.76. The van der Waals surface area contributed by atoms with E-state index in [0.717, 1.165) is 19.0 Å². The molecular weight excluding hydrogens is 485 g/mol. The van der Waals surface area contributed by atoms with Crippen molar-refractivity contribution >= 4 is 11.7 Å². The van der Waals surface area contributed by atoms with Crippen LogP contribution in [0.3, 0.4) is 0 Å². The maximum Gasteiger partial charge on any atom is 0.416 e. The van der Waals surface area contributed by atoms with Gasteiger partial charge in [0.2, 0.25) is 0 Å². The summed E-state index contributed by atoms with van der Waals surface area (Å²) in [7, 11) is 4.77. The summed E-state index contributed by atoms with van der Waals surface area (Å²) < 4.78 is 78.6. The van der Waals surface area contributed by atoms with Gasteiger partial charge in [-0.2, -0.15) is 13.2 Å². The zero-order valence-electron chi connectivity index (χ0n) is 20.1. The molecule has 196 valence electrons. The van der Waals surface area contributed by atoms with E-state index in [1.165, 1.54) is 14.2 Å². The van der Waals surface area contributed by atoms with E-state index in [1.54, 1.807) is 12.1 Å². The molecule has 0 radical (unpaired) electrons. The second-order valence-electron chi connectivity index (χ2n) is 9.36. The number of likely N-dealkylation sites (N-methyl/N-ethyl adjacent to an activating group) is 1. The molecule has 2 N–H and O–H groups in total. The highest BCUT2D eigenvalue weighted by Gasteiger charge is 2.52. The van der Waals surface area contributed by atoms with Gasteiger partial charge in [-0.1, -0.05) is 6.07 Å². The highest BCUT2D eigenvalue weighted by molar-refractivity contribution is 5.89. The smallest absolute Gasteiger partial charge is 0.416 e. The standard InChI is InChI=1S/C25H28F5N3O3/c1-33-9-8-24(18-4-5-19(35-2)22(36-3)21(18)27)7-6-16(13-20(24)33)31-23(34)32-17-11-14(25(28,29)30)10-15(26)12-17/h4-5,10-12,16,20H,6-9,13H2,1-3H3,(H2,31,32,34). The number of hydrogen-bond acceptors (Lipinski definition) is 4. The van der Waals surface area contributed by atoms with Gasteiger partial charge < -0.3 is 25.0 Å². The highest BCUT2D eigenvalue weighted by atomic mass is 19.4. The zero-order valence-corrected chi connectivity index (χ0v) is 20.1. The molecule has 1 saturated carbocycles. The van der Waals surface area contributed by atoms with Gasteiger partial charge in [0, 0.05) is 23.2 Å². The van der Waals surface area contributed by atoms with Crippen molar-refractivity contribution < 1.29 is 36.2 Å². The first-order chi connectivity index (χ1) is 17.0. The molecule has 2 aromatic rings. The molecule has 2 amide bonds. The number of anilines is 1. The molecule has 6 nitrogen and oxygen atoms in total. The Morgan fingerprint density at radius 3 is 2.53 bits per heavy atom. The van der Waals surface area contributed by atoms with E-state index in [-0.39, 0.29) is 23.5 Å². The first-order valence-corrected chi connectivity index (χ1v) is 11.5. The Labute approximate surface area is 205 Å². The number of hydrogen-bond donors (Lipinski definition) is 2. The summed E-state index contributed by atoms with van der Waals surface area (Å²) in [5.41, 5.74) is -1.44. The molecule has 1 aliphatic heterocycles. The lowest BCUT2D eigenvalue weighted by Gasteiger charge is -2.45. The van der Waals surface area contributed by atoms with Crippen LogP contribution in [0.25, 0.3) is 0 Å². The van der Waals surface area contributed by atoms with Crippen molar-refractivity contribution in [1.29, 1.82) is 0 Å². The van der Waals surface area contributed by atoms with Gasteiger partial charge in [-0.25, -0.2) is 13.6 Å². The van der Waals surface area contributed by atoms with E-state index >= 15 is 4.39 Å². The monoisotopic (exact) mass is 513 g/mol. The number of carbonyl (C=O) groups excluding carboxylic acids is 1. The summed E-state index contributed by atoms with van der Waals surface area (Å²) in [6.07, 6.45) is -2.40. The summed E-state index contributed by atoms with van der Waals surface area (Å²) in [5, 5.41) is 5.08. The molecule has 0 bridgehead atoms. The number of amides is 2. The van der Waals surface area contributed by atoms with Crippen molar-refractivity contribution in [3.05, 3.63) is 53.1 Å². The van der Waals surface area contributed by atoms with Crippen LogP contribution in [0.2, 0.25) is 0 Å². The van der Waals surface area contributed by atoms with Crippen molar-refractivity contribution in [3.8, 4) is 11.5 Å². The Hall–Kier alpha value is -3.08. The molecule has 36 heavy (non-hydrogen) atoms. The van der Waals surface area contributed by atoms with Crippen LogP contribution >= 0.6 is 0 Å². The number of likely N-dealkylation sites (tertiary alicyclic amines) is 1. The quantitative estimate of drug-likeness (QED) is 0.532. The summed E-state index contributed by atoms with van der Waals surface area (Å²) >= 11 is 0. The fraction of sp³-hybridized carbons (Fsp3) is 0.480. The van der Waals surface area contributed by atoms with Crippen LogP contribution in [0.1, 0.15) is 36.8 Å². The topological polar surface area (TPSA) is 62.8 Å². The molecule has 2 fully saturated rings. The number of halogens is 5. The number of methoxy groups -OCH3 is 2. The predicted octanol–water partition coefficient (Wildman–Crippen LogP) is 5.32. The fourth-order valence-corrected chi connectivity index (χ4v) is 5.67. The predicted molar refractivity (Wildman–Crippen MR) is 123 cm³/mol. The van der Waals surface area contributed by atoms with Gasteiger partial charge in [-0.15, -0.1) is 0 Å². The molecule has 0 aromatic heterocycles. The fourth-order valence-electron chi connectivity index (χ4n) is 5.67. The minimum absolute atomic E-state index is 0.0469. The minimum atomic E-state index is -4.74. The van der Waals surface area contributed by atoms with Crippen LogP contribution in [0, 0.1) is 11.6 Å². The number of nitrogens with zero attached hydrogens (tertiary/aromatic N) is 1. The van der Waals surface area contributed by atoms with Crippen molar-refractivity contribution in [3.63, 3.8) is 0 Å². The molecule has 2 aromatic carbocycles. The Morgan fingerprint density at radius 2 is 1.86 bits per heavy atom. The van der Waals surface area contributed by atoms with Gasteiger partial charge in [-0.05, 0) is 69.1 Å². The lowest BCUT2D eigenvalue weighted by atomic mass is 9.65. The van der Waals surface area contributed by atoms with Crippen LogP contribution in [-0.4, -0.2) is 50.8 Å². The van der Waals surface area contributed by atoms with Crippen LogP contribution in [0.15, 0.2) is 30.3 Å². The highest BCUT2D eigenvalue weighted by Crippen LogP contribution is 2.51. The van der Waals surface area contributed by atoms with Crippen LogP contribution in [0.5, 0.6) is 11.5 Å². The van der Waals surface area contributed by atoms with Gasteiger partial charge in [0.05, 0.1) is 19.8 Å². The Kier molecular flexibility index (Phi) is 7.05. The van der Waals surface area contributed by atoms with Crippen molar-refractivity contribution in [2.24, 2.45) is 0 Å². The van der Waals surface area contributed by atoms with Gasteiger partial charge in [-0.3, -0.25) is 0 Å². The third-order valence-electron chi connectivity index (χ3n) is 7.37. The second-order valence-corrected chi connectivity index (χ2v) is 9.36. The number of carbonyl (C=O) groups is 1. The molecule has 2 aliphatic rings. The molecule has 3 unspecified atom stereocenters. The van der Waals surface area contributed by atoms with Crippen LogP contribution in [-0.2, 0) is 11.6 Å². The van der Waals surface area contributed by atoms with Crippen LogP contribution < -0.4 is 20.1 Å². The molecule has 1 saturated heterocycles. The number of ether oxygens (including phenoxy) is 2. The van der Waals surface area contributed by atoms with Crippen molar-refractivity contribution in [2.75, 3.05) is 33.1 Å². The first kappa shape index (κ1) is 26.0. The molecule has 1 aliphatic carbocycles. The third kappa shape index (κ3) is 4.80. The van der Waals surface area contributed by atoms with E-state index in [9.17, 15) is 22.4 Å². The van der Waals surface area contributed by atoms with Gasteiger partial charge in [0.25, 0.3) is 0 Å². The summed E-state index contributed by atoms with van der Waals surface area (Å²) in [5.74, 6) is -1.22. The number of nitrogens with one attached hydrogen (secondary N) is 2. The summed E-state index contributed by atoms with van der Waals surface area (Å²) in [6.45, 7) is 0.737. The maximum absolute atomic E-state index is 15.5. The molecule has 0 spiro atoms. The lowest BCUT2D eigenvalue weighted by Crippen LogP contribution is -2.52. The molecule has 3 atom stereocenters. The van der Waals surface area contributed by atoms with E-state index in [0.29, 0.717) is 42.7 Å². The average molecular weight is 514 g/mol. The largest absolute Gasteiger partial charge is 0.493 e. The van der Waals surface area contributed by atoms with Gasteiger partial charge in [0.1, 0.15) is 5.82 Å². The number of rotatable bonds is 5. The lowest BCUT2D eigenvalue weighted by molar-refractivity contribution is -0.137. The average Bonchev–Trinajstić information content (AvgIpc) is 3.14.